The Hall–Kier alpha value is -1.43. The molecule has 0 saturated carbocycles. The minimum Gasteiger partial charge on any atom is -0.375 e. The summed E-state index contributed by atoms with van der Waals surface area (Å²) in [6, 6.07) is 3.81. The van der Waals surface area contributed by atoms with E-state index in [0.29, 0.717) is 11.7 Å². The Morgan fingerprint density at radius 2 is 2.38 bits per heavy atom. The smallest absolute Gasteiger partial charge is 0.246 e. The molecule has 6 heteroatoms. The average molecular weight is 310 g/mol. The Morgan fingerprint density at radius 3 is 3.00 bits per heavy atom. The van der Waals surface area contributed by atoms with Crippen LogP contribution in [0.1, 0.15) is 12.0 Å². The zero-order valence-electron chi connectivity index (χ0n) is 12.1. The van der Waals surface area contributed by atoms with Crippen molar-refractivity contribution in [3.8, 4) is 0 Å². The van der Waals surface area contributed by atoms with Crippen molar-refractivity contribution in [3.63, 3.8) is 0 Å². The lowest BCUT2D eigenvalue weighted by Gasteiger charge is -2.26. The van der Waals surface area contributed by atoms with Crippen LogP contribution in [0, 0.1) is 0 Å². The second kappa shape index (κ2) is 8.12. The predicted molar refractivity (Wildman–Crippen MR) is 82.1 cm³/mol. The van der Waals surface area contributed by atoms with Gasteiger partial charge in [0.05, 0.1) is 0 Å². The van der Waals surface area contributed by atoms with Crippen molar-refractivity contribution in [2.75, 3.05) is 33.4 Å². The molecule has 1 aliphatic rings. The molecule has 0 saturated heterocycles. The average Bonchev–Trinajstić information content (AvgIpc) is 2.49. The maximum absolute atomic E-state index is 11.3. The number of ether oxygens (including phenoxy) is 1. The van der Waals surface area contributed by atoms with Gasteiger partial charge in [-0.3, -0.25) is 9.69 Å². The van der Waals surface area contributed by atoms with E-state index in [0.717, 1.165) is 31.6 Å². The van der Waals surface area contributed by atoms with E-state index in [2.05, 4.69) is 21.3 Å². The monoisotopic (exact) mass is 309 g/mol. The molecule has 0 spiro atoms. The summed E-state index contributed by atoms with van der Waals surface area (Å²) >= 11 is 5.78. The van der Waals surface area contributed by atoms with Crippen molar-refractivity contribution >= 4 is 17.5 Å². The second-order valence-corrected chi connectivity index (χ2v) is 5.43. The number of carbonyl (C=O) groups is 1. The van der Waals surface area contributed by atoms with Crippen molar-refractivity contribution < 1.29 is 9.53 Å². The van der Waals surface area contributed by atoms with Crippen LogP contribution in [0.3, 0.4) is 0 Å². The van der Waals surface area contributed by atoms with E-state index in [4.69, 9.17) is 16.3 Å². The lowest BCUT2D eigenvalue weighted by Crippen LogP contribution is -2.33. The van der Waals surface area contributed by atoms with E-state index in [-0.39, 0.29) is 12.5 Å². The maximum Gasteiger partial charge on any atom is 0.246 e. The Kier molecular flexibility index (Phi) is 6.17. The van der Waals surface area contributed by atoms with Crippen molar-refractivity contribution in [3.05, 3.63) is 40.7 Å². The molecule has 0 fully saturated rings. The molecule has 2 rings (SSSR count). The third-order valence-electron chi connectivity index (χ3n) is 3.37. The standard InChI is InChI=1S/C15H20ClN3O2/c1-21-11-15(20)18-8-12-4-6-19(7-5-12)10-13-2-3-14(16)17-9-13/h2-4,9H,5-8,10-11H2,1H3,(H,18,20). The SMILES string of the molecule is COCC(=O)NCC1=CCN(Cc2ccc(Cl)nc2)CC1. The summed E-state index contributed by atoms with van der Waals surface area (Å²) in [5.41, 5.74) is 2.43. The molecule has 1 aromatic rings. The summed E-state index contributed by atoms with van der Waals surface area (Å²) in [6.07, 6.45) is 4.96. The highest BCUT2D eigenvalue weighted by Gasteiger charge is 2.12. The molecule has 5 nitrogen and oxygen atoms in total. The van der Waals surface area contributed by atoms with Crippen LogP contribution < -0.4 is 5.32 Å². The molecular weight excluding hydrogens is 290 g/mol. The molecule has 1 amide bonds. The van der Waals surface area contributed by atoms with Gasteiger partial charge in [-0.15, -0.1) is 0 Å². The van der Waals surface area contributed by atoms with Gasteiger partial charge in [-0.2, -0.15) is 0 Å². The summed E-state index contributed by atoms with van der Waals surface area (Å²) in [4.78, 5) is 17.8. The number of nitrogens with one attached hydrogen (secondary N) is 1. The largest absolute Gasteiger partial charge is 0.375 e. The molecule has 0 radical (unpaired) electrons. The summed E-state index contributed by atoms with van der Waals surface area (Å²) in [7, 11) is 1.52. The lowest BCUT2D eigenvalue weighted by atomic mass is 10.1. The molecular formula is C15H20ClN3O2. The second-order valence-electron chi connectivity index (χ2n) is 5.05. The van der Waals surface area contributed by atoms with Crippen LogP contribution in [0.2, 0.25) is 5.15 Å². The number of carbonyl (C=O) groups excluding carboxylic acids is 1. The number of rotatable bonds is 6. The lowest BCUT2D eigenvalue weighted by molar-refractivity contribution is -0.124. The predicted octanol–water partition coefficient (Wildman–Crippen LogP) is 1.63. The molecule has 0 unspecified atom stereocenters. The molecule has 1 N–H and O–H groups in total. The first-order valence-corrected chi connectivity index (χ1v) is 7.31. The molecule has 1 aliphatic heterocycles. The van der Waals surface area contributed by atoms with Gasteiger partial charge in [0.1, 0.15) is 11.8 Å². The summed E-state index contributed by atoms with van der Waals surface area (Å²) < 4.78 is 4.78. The quantitative estimate of drug-likeness (QED) is 0.641. The highest BCUT2D eigenvalue weighted by molar-refractivity contribution is 6.29. The van der Waals surface area contributed by atoms with Gasteiger partial charge in [-0.1, -0.05) is 29.3 Å². The van der Waals surface area contributed by atoms with Crippen LogP contribution in [0.4, 0.5) is 0 Å². The molecule has 0 atom stereocenters. The van der Waals surface area contributed by atoms with Gasteiger partial charge < -0.3 is 10.1 Å². The van der Waals surface area contributed by atoms with Gasteiger partial charge in [-0.25, -0.2) is 4.98 Å². The van der Waals surface area contributed by atoms with E-state index in [1.54, 1.807) is 0 Å². The summed E-state index contributed by atoms with van der Waals surface area (Å²) in [5, 5.41) is 3.37. The third-order valence-corrected chi connectivity index (χ3v) is 3.59. The number of aromatic nitrogens is 1. The minimum atomic E-state index is -0.0759. The maximum atomic E-state index is 11.3. The highest BCUT2D eigenvalue weighted by Crippen LogP contribution is 2.14. The first-order valence-electron chi connectivity index (χ1n) is 6.93. The minimum absolute atomic E-state index is 0.0759. The number of pyridine rings is 1. The fourth-order valence-corrected chi connectivity index (χ4v) is 2.32. The van der Waals surface area contributed by atoms with Crippen molar-refractivity contribution in [1.29, 1.82) is 0 Å². The molecule has 0 aliphatic carbocycles. The molecule has 1 aromatic heterocycles. The Balaban J connectivity index is 1.76. The van der Waals surface area contributed by atoms with E-state index < -0.39 is 0 Å². The van der Waals surface area contributed by atoms with Gasteiger partial charge in [0.25, 0.3) is 0 Å². The van der Waals surface area contributed by atoms with Gasteiger partial charge in [0, 0.05) is 39.5 Å². The van der Waals surface area contributed by atoms with Crippen molar-refractivity contribution in [1.82, 2.24) is 15.2 Å². The molecule has 2 heterocycles. The van der Waals surface area contributed by atoms with Crippen LogP contribution in [0.5, 0.6) is 0 Å². The van der Waals surface area contributed by atoms with Gasteiger partial charge in [0.2, 0.25) is 5.91 Å². The van der Waals surface area contributed by atoms with E-state index in [1.807, 2.05) is 18.3 Å². The fraction of sp³-hybridized carbons (Fsp3) is 0.467. The van der Waals surface area contributed by atoms with Crippen LogP contribution in [0.15, 0.2) is 30.0 Å². The molecule has 21 heavy (non-hydrogen) atoms. The van der Waals surface area contributed by atoms with Gasteiger partial charge in [-0.05, 0) is 18.1 Å². The fourth-order valence-electron chi connectivity index (χ4n) is 2.21. The van der Waals surface area contributed by atoms with Gasteiger partial charge >= 0.3 is 0 Å². The zero-order valence-corrected chi connectivity index (χ0v) is 12.9. The third kappa shape index (κ3) is 5.46. The number of methoxy groups -OCH3 is 1. The van der Waals surface area contributed by atoms with E-state index in [1.165, 1.54) is 12.7 Å². The van der Waals surface area contributed by atoms with Crippen molar-refractivity contribution in [2.24, 2.45) is 0 Å². The molecule has 114 valence electrons. The first kappa shape index (κ1) is 15.9. The molecule has 0 bridgehead atoms. The van der Waals surface area contributed by atoms with E-state index in [9.17, 15) is 4.79 Å². The zero-order chi connectivity index (χ0) is 15.1. The van der Waals surface area contributed by atoms with E-state index >= 15 is 0 Å². The molecule has 0 aromatic carbocycles. The van der Waals surface area contributed by atoms with Crippen molar-refractivity contribution in [2.45, 2.75) is 13.0 Å². The highest BCUT2D eigenvalue weighted by atomic mass is 35.5. The number of hydrogen-bond acceptors (Lipinski definition) is 4. The topological polar surface area (TPSA) is 54.5 Å². The number of nitrogens with zero attached hydrogens (tertiary/aromatic N) is 2. The van der Waals surface area contributed by atoms with Crippen LogP contribution >= 0.6 is 11.6 Å². The number of halogens is 1. The summed E-state index contributed by atoms with van der Waals surface area (Å²) in [6.45, 7) is 3.46. The normalized spacial score (nSPS) is 15.6. The van der Waals surface area contributed by atoms with Crippen LogP contribution in [0.25, 0.3) is 0 Å². The van der Waals surface area contributed by atoms with Crippen LogP contribution in [-0.4, -0.2) is 49.1 Å². The summed E-state index contributed by atoms with van der Waals surface area (Å²) in [5.74, 6) is -0.0759. The number of hydrogen-bond donors (Lipinski definition) is 1. The van der Waals surface area contributed by atoms with Crippen LogP contribution in [-0.2, 0) is 16.1 Å². The first-order chi connectivity index (χ1) is 10.2. The Bertz CT molecular complexity index is 502. The Labute approximate surface area is 129 Å². The Morgan fingerprint density at radius 1 is 1.52 bits per heavy atom. The van der Waals surface area contributed by atoms with Gasteiger partial charge in [0.15, 0.2) is 0 Å². The number of amides is 1.